The van der Waals surface area contributed by atoms with Gasteiger partial charge in [0.15, 0.2) is 0 Å². The van der Waals surface area contributed by atoms with E-state index in [1.807, 2.05) is 24.3 Å². The van der Waals surface area contributed by atoms with Crippen LogP contribution in [-0.4, -0.2) is 40.6 Å². The molecule has 2 aliphatic rings. The first-order valence-electron chi connectivity index (χ1n) is 8.66. The summed E-state index contributed by atoms with van der Waals surface area (Å²) in [6, 6.07) is 14.1. The molecule has 0 saturated carbocycles. The molecule has 2 heterocycles. The number of nitrogens with zero attached hydrogens (tertiary/aromatic N) is 2. The number of benzene rings is 2. The number of rotatable bonds is 3. The average Bonchev–Trinajstić information content (AvgIpc) is 2.68. The topological polar surface area (TPSA) is 66.9 Å². The minimum Gasteiger partial charge on any atom is -0.370 e. The molecule has 26 heavy (non-hydrogen) atoms. The van der Waals surface area contributed by atoms with Crippen molar-refractivity contribution in [1.82, 2.24) is 0 Å². The van der Waals surface area contributed by atoms with Crippen molar-refractivity contribution in [2.75, 3.05) is 35.5 Å². The summed E-state index contributed by atoms with van der Waals surface area (Å²) >= 11 is 0. The van der Waals surface area contributed by atoms with Crippen LogP contribution in [-0.2, 0) is 26.0 Å². The maximum Gasteiger partial charge on any atom is 0.264 e. The fourth-order valence-corrected chi connectivity index (χ4v) is 5.01. The van der Waals surface area contributed by atoms with E-state index in [0.29, 0.717) is 25.4 Å². The Morgan fingerprint density at radius 3 is 2.50 bits per heavy atom. The summed E-state index contributed by atoms with van der Waals surface area (Å²) in [6.45, 7) is 1.49. The number of hydrogen-bond acceptors (Lipinski definition) is 4. The number of carbonyl (C=O) groups is 1. The van der Waals surface area contributed by atoms with Crippen molar-refractivity contribution >= 4 is 27.3 Å². The molecule has 0 unspecified atom stereocenters. The van der Waals surface area contributed by atoms with E-state index in [1.165, 1.54) is 4.31 Å². The molecule has 7 heteroatoms. The number of sulfonamides is 1. The largest absolute Gasteiger partial charge is 0.370 e. The molecule has 136 valence electrons. The average molecular weight is 372 g/mol. The van der Waals surface area contributed by atoms with Gasteiger partial charge in [0, 0.05) is 18.8 Å². The molecule has 4 rings (SSSR count). The van der Waals surface area contributed by atoms with Crippen LogP contribution in [0.3, 0.4) is 0 Å². The van der Waals surface area contributed by atoms with E-state index in [4.69, 9.17) is 4.74 Å². The normalized spacial score (nSPS) is 17.9. The van der Waals surface area contributed by atoms with Gasteiger partial charge in [-0.15, -0.1) is 0 Å². The van der Waals surface area contributed by atoms with Gasteiger partial charge in [-0.25, -0.2) is 8.42 Å². The number of ether oxygens (including phenoxy) is 1. The zero-order chi connectivity index (χ0) is 18.1. The first-order valence-corrected chi connectivity index (χ1v) is 10.1. The van der Waals surface area contributed by atoms with Crippen LogP contribution in [0, 0.1) is 0 Å². The SMILES string of the molecule is O=C1COCCN1c1ccc(S(=O)(=O)N2CCCc3ccccc32)cc1. The predicted molar refractivity (Wildman–Crippen MR) is 98.9 cm³/mol. The molecule has 0 atom stereocenters. The molecule has 0 N–H and O–H groups in total. The van der Waals surface area contributed by atoms with Crippen LogP contribution >= 0.6 is 0 Å². The Balaban J connectivity index is 1.64. The van der Waals surface area contributed by atoms with Gasteiger partial charge in [-0.2, -0.15) is 0 Å². The molecule has 2 aromatic carbocycles. The second kappa shape index (κ2) is 6.74. The molecule has 0 radical (unpaired) electrons. The Morgan fingerprint density at radius 1 is 0.962 bits per heavy atom. The van der Waals surface area contributed by atoms with Gasteiger partial charge in [0.1, 0.15) is 6.61 Å². The highest BCUT2D eigenvalue weighted by molar-refractivity contribution is 7.92. The van der Waals surface area contributed by atoms with Crippen LogP contribution in [0.25, 0.3) is 0 Å². The summed E-state index contributed by atoms with van der Waals surface area (Å²) in [4.78, 5) is 13.8. The lowest BCUT2D eigenvalue weighted by Gasteiger charge is -2.31. The van der Waals surface area contributed by atoms with Gasteiger partial charge in [0.25, 0.3) is 15.9 Å². The van der Waals surface area contributed by atoms with Gasteiger partial charge in [-0.3, -0.25) is 9.10 Å². The molecule has 0 spiro atoms. The third-order valence-electron chi connectivity index (χ3n) is 4.79. The van der Waals surface area contributed by atoms with Gasteiger partial charge in [-0.1, -0.05) is 18.2 Å². The van der Waals surface area contributed by atoms with Crippen molar-refractivity contribution in [3.63, 3.8) is 0 Å². The smallest absolute Gasteiger partial charge is 0.264 e. The van der Waals surface area contributed by atoms with Crippen LogP contribution in [0.5, 0.6) is 0 Å². The Bertz CT molecular complexity index is 925. The van der Waals surface area contributed by atoms with Crippen molar-refractivity contribution in [3.8, 4) is 0 Å². The molecule has 0 aromatic heterocycles. The maximum atomic E-state index is 13.1. The van der Waals surface area contributed by atoms with Crippen molar-refractivity contribution in [2.45, 2.75) is 17.7 Å². The number of amides is 1. The van der Waals surface area contributed by atoms with Crippen LogP contribution in [0.2, 0.25) is 0 Å². The molecule has 0 aliphatic carbocycles. The number of aryl methyl sites for hydroxylation is 1. The van der Waals surface area contributed by atoms with E-state index in [9.17, 15) is 13.2 Å². The second-order valence-corrected chi connectivity index (χ2v) is 8.26. The highest BCUT2D eigenvalue weighted by Crippen LogP contribution is 2.32. The lowest BCUT2D eigenvalue weighted by Crippen LogP contribution is -2.41. The van der Waals surface area contributed by atoms with Crippen molar-refractivity contribution < 1.29 is 17.9 Å². The van der Waals surface area contributed by atoms with Crippen molar-refractivity contribution in [1.29, 1.82) is 0 Å². The third kappa shape index (κ3) is 2.97. The molecule has 1 amide bonds. The van der Waals surface area contributed by atoms with Gasteiger partial charge in [0.05, 0.1) is 17.2 Å². The monoisotopic (exact) mass is 372 g/mol. The lowest BCUT2D eigenvalue weighted by atomic mass is 10.0. The molecule has 1 fully saturated rings. The van der Waals surface area contributed by atoms with Crippen LogP contribution < -0.4 is 9.21 Å². The minimum atomic E-state index is -3.63. The standard InChI is InChI=1S/C19H20N2O4S/c22-19-14-25-13-12-20(19)16-7-9-17(10-8-16)26(23,24)21-11-3-5-15-4-1-2-6-18(15)21/h1-2,4,6-10H,3,5,11-14H2. The number of anilines is 2. The van der Waals surface area contributed by atoms with Crippen LogP contribution in [0.4, 0.5) is 11.4 Å². The Kier molecular flexibility index (Phi) is 4.42. The lowest BCUT2D eigenvalue weighted by molar-refractivity contribution is -0.125. The first kappa shape index (κ1) is 17.1. The van der Waals surface area contributed by atoms with E-state index >= 15 is 0 Å². The highest BCUT2D eigenvalue weighted by atomic mass is 32.2. The number of para-hydroxylation sites is 1. The summed E-state index contributed by atoms with van der Waals surface area (Å²) < 4.78 is 32.9. The van der Waals surface area contributed by atoms with Gasteiger partial charge >= 0.3 is 0 Å². The van der Waals surface area contributed by atoms with E-state index in [2.05, 4.69) is 0 Å². The van der Waals surface area contributed by atoms with Crippen LogP contribution in [0.15, 0.2) is 53.4 Å². The van der Waals surface area contributed by atoms with E-state index < -0.39 is 10.0 Å². The second-order valence-electron chi connectivity index (χ2n) is 6.40. The van der Waals surface area contributed by atoms with E-state index in [1.54, 1.807) is 29.2 Å². The molecule has 6 nitrogen and oxygen atoms in total. The summed E-state index contributed by atoms with van der Waals surface area (Å²) in [7, 11) is -3.63. The fourth-order valence-electron chi connectivity index (χ4n) is 3.47. The summed E-state index contributed by atoms with van der Waals surface area (Å²) in [5.41, 5.74) is 2.50. The van der Waals surface area contributed by atoms with Gasteiger partial charge in [-0.05, 0) is 48.7 Å². The zero-order valence-corrected chi connectivity index (χ0v) is 15.1. The predicted octanol–water partition coefficient (Wildman–Crippen LogP) is 2.19. The summed E-state index contributed by atoms with van der Waals surface area (Å²) in [5, 5.41) is 0. The van der Waals surface area contributed by atoms with Crippen molar-refractivity contribution in [2.24, 2.45) is 0 Å². The fraction of sp³-hybridized carbons (Fsp3) is 0.316. The number of fused-ring (bicyclic) bond motifs is 1. The minimum absolute atomic E-state index is 0.0601. The zero-order valence-electron chi connectivity index (χ0n) is 14.3. The first-order chi connectivity index (χ1) is 12.6. The third-order valence-corrected chi connectivity index (χ3v) is 6.62. The quantitative estimate of drug-likeness (QED) is 0.828. The molecule has 0 bridgehead atoms. The van der Waals surface area contributed by atoms with Gasteiger partial charge < -0.3 is 9.64 Å². The molecular formula is C19H20N2O4S. The number of morpholine rings is 1. The molecule has 2 aromatic rings. The maximum absolute atomic E-state index is 13.1. The Labute approximate surface area is 153 Å². The molecule has 1 saturated heterocycles. The number of hydrogen-bond donors (Lipinski definition) is 0. The van der Waals surface area contributed by atoms with Crippen molar-refractivity contribution in [3.05, 3.63) is 54.1 Å². The van der Waals surface area contributed by atoms with E-state index in [-0.39, 0.29) is 17.4 Å². The Morgan fingerprint density at radius 2 is 1.73 bits per heavy atom. The van der Waals surface area contributed by atoms with E-state index in [0.717, 1.165) is 24.1 Å². The summed E-state index contributed by atoms with van der Waals surface area (Å²) in [5.74, 6) is -0.114. The molecular weight excluding hydrogens is 352 g/mol. The van der Waals surface area contributed by atoms with Crippen LogP contribution in [0.1, 0.15) is 12.0 Å². The van der Waals surface area contributed by atoms with Gasteiger partial charge in [0.2, 0.25) is 0 Å². The number of carbonyl (C=O) groups excluding carboxylic acids is 1. The highest BCUT2D eigenvalue weighted by Gasteiger charge is 2.29. The molecule has 2 aliphatic heterocycles. The Hall–Kier alpha value is -2.38. The summed E-state index contributed by atoms with van der Waals surface area (Å²) in [6.07, 6.45) is 1.69.